The summed E-state index contributed by atoms with van der Waals surface area (Å²) >= 11 is 0. The molecule has 0 unspecified atom stereocenters. The largest absolute Gasteiger partial charge is 0.463 e. The van der Waals surface area contributed by atoms with Crippen LogP contribution in [0.2, 0.25) is 0 Å². The molecule has 1 aliphatic carbocycles. The lowest BCUT2D eigenvalue weighted by Crippen LogP contribution is -2.29. The van der Waals surface area contributed by atoms with Crippen LogP contribution in [0.5, 0.6) is 0 Å². The van der Waals surface area contributed by atoms with Gasteiger partial charge in [0.15, 0.2) is 9.84 Å². The average molecular weight is 383 g/mol. The first-order valence-electron chi connectivity index (χ1n) is 8.45. The molecule has 9 heteroatoms. The van der Waals surface area contributed by atoms with Crippen LogP contribution < -0.4 is 4.90 Å². The van der Waals surface area contributed by atoms with E-state index in [2.05, 4.69) is 0 Å². The Bertz CT molecular complexity index is 867. The SMILES string of the molecule is CCOC(=O)[C@H]1CN(c2ccc([C@H]3[C@@H]4CS(=O)(=O)C[C@@H]43)c(F)c2)C(=O)O1. The lowest BCUT2D eigenvalue weighted by Gasteiger charge is -2.14. The summed E-state index contributed by atoms with van der Waals surface area (Å²) in [6, 6.07) is 4.41. The van der Waals surface area contributed by atoms with Gasteiger partial charge in [-0.3, -0.25) is 4.90 Å². The Morgan fingerprint density at radius 1 is 1.35 bits per heavy atom. The van der Waals surface area contributed by atoms with Crippen LogP contribution in [0.4, 0.5) is 14.9 Å². The number of carbonyl (C=O) groups excluding carboxylic acids is 2. The fraction of sp³-hybridized carbons (Fsp3) is 0.529. The molecule has 26 heavy (non-hydrogen) atoms. The monoisotopic (exact) mass is 383 g/mol. The van der Waals surface area contributed by atoms with Crippen LogP contribution in [0.1, 0.15) is 18.4 Å². The van der Waals surface area contributed by atoms with Gasteiger partial charge in [-0.25, -0.2) is 22.4 Å². The first-order valence-corrected chi connectivity index (χ1v) is 10.3. The Kier molecular flexibility index (Phi) is 3.94. The number of ether oxygens (including phenoxy) is 2. The topological polar surface area (TPSA) is 90.0 Å². The minimum Gasteiger partial charge on any atom is -0.463 e. The predicted molar refractivity (Wildman–Crippen MR) is 89.0 cm³/mol. The van der Waals surface area contributed by atoms with E-state index in [-0.39, 0.29) is 42.4 Å². The summed E-state index contributed by atoms with van der Waals surface area (Å²) in [5.41, 5.74) is 0.773. The van der Waals surface area contributed by atoms with Gasteiger partial charge >= 0.3 is 12.1 Å². The molecule has 0 N–H and O–H groups in total. The van der Waals surface area contributed by atoms with Crippen LogP contribution in [0.25, 0.3) is 0 Å². The van der Waals surface area contributed by atoms with Gasteiger partial charge in [0.25, 0.3) is 0 Å². The summed E-state index contributed by atoms with van der Waals surface area (Å²) in [5.74, 6) is -0.980. The summed E-state index contributed by atoms with van der Waals surface area (Å²) in [5, 5.41) is 0. The zero-order valence-corrected chi connectivity index (χ0v) is 14.9. The lowest BCUT2D eigenvalue weighted by atomic mass is 10.1. The molecule has 4 atom stereocenters. The molecule has 1 aromatic carbocycles. The number of carbonyl (C=O) groups is 2. The van der Waals surface area contributed by atoms with Gasteiger partial charge in [0.1, 0.15) is 5.82 Å². The smallest absolute Gasteiger partial charge is 0.415 e. The van der Waals surface area contributed by atoms with Crippen LogP contribution in [0, 0.1) is 17.7 Å². The normalized spacial score (nSPS) is 31.5. The molecule has 4 rings (SSSR count). The summed E-state index contributed by atoms with van der Waals surface area (Å²) < 4.78 is 47.5. The molecule has 2 aliphatic heterocycles. The Balaban J connectivity index is 1.49. The van der Waals surface area contributed by atoms with Crippen molar-refractivity contribution in [3.63, 3.8) is 0 Å². The Morgan fingerprint density at radius 3 is 2.65 bits per heavy atom. The van der Waals surface area contributed by atoms with E-state index in [0.29, 0.717) is 11.3 Å². The molecule has 3 aliphatic rings. The number of nitrogens with zero attached hydrogens (tertiary/aromatic N) is 1. The highest BCUT2D eigenvalue weighted by Gasteiger charge is 2.59. The fourth-order valence-electron chi connectivity index (χ4n) is 4.00. The molecule has 0 radical (unpaired) electrons. The third-order valence-electron chi connectivity index (χ3n) is 5.24. The molecule has 1 amide bonds. The minimum absolute atomic E-state index is 0.00898. The van der Waals surface area contributed by atoms with Crippen molar-refractivity contribution in [2.24, 2.45) is 11.8 Å². The quantitative estimate of drug-likeness (QED) is 0.732. The number of anilines is 1. The van der Waals surface area contributed by atoms with Gasteiger partial charge in [-0.2, -0.15) is 0 Å². The van der Waals surface area contributed by atoms with E-state index < -0.39 is 33.8 Å². The summed E-state index contributed by atoms with van der Waals surface area (Å²) in [7, 11) is -2.98. The molecule has 0 aromatic heterocycles. The zero-order chi connectivity index (χ0) is 18.6. The second-order valence-electron chi connectivity index (χ2n) is 6.87. The van der Waals surface area contributed by atoms with Gasteiger partial charge in [0, 0.05) is 0 Å². The molecule has 7 nitrogen and oxygen atoms in total. The van der Waals surface area contributed by atoms with Gasteiger partial charge in [-0.1, -0.05) is 6.07 Å². The van der Waals surface area contributed by atoms with E-state index in [1.807, 2.05) is 0 Å². The number of halogens is 1. The van der Waals surface area contributed by atoms with E-state index in [4.69, 9.17) is 9.47 Å². The van der Waals surface area contributed by atoms with Crippen LogP contribution in [-0.2, 0) is 24.1 Å². The molecule has 140 valence electrons. The van der Waals surface area contributed by atoms with E-state index in [1.54, 1.807) is 19.1 Å². The molecule has 1 saturated carbocycles. The van der Waals surface area contributed by atoms with Crippen LogP contribution in [0.15, 0.2) is 18.2 Å². The van der Waals surface area contributed by atoms with Crippen molar-refractivity contribution >= 4 is 27.6 Å². The highest BCUT2D eigenvalue weighted by Crippen LogP contribution is 2.59. The van der Waals surface area contributed by atoms with E-state index >= 15 is 0 Å². The van der Waals surface area contributed by atoms with Crippen molar-refractivity contribution in [1.29, 1.82) is 0 Å². The second-order valence-corrected chi connectivity index (χ2v) is 9.03. The highest BCUT2D eigenvalue weighted by atomic mass is 32.2. The number of amides is 1. The van der Waals surface area contributed by atoms with E-state index in [0.717, 1.165) is 0 Å². The van der Waals surface area contributed by atoms with Crippen molar-refractivity contribution in [2.45, 2.75) is 18.9 Å². The molecule has 2 saturated heterocycles. The summed E-state index contributed by atoms with van der Waals surface area (Å²) in [6.07, 6.45) is -1.76. The van der Waals surface area contributed by atoms with Crippen LogP contribution in [0.3, 0.4) is 0 Å². The summed E-state index contributed by atoms with van der Waals surface area (Å²) in [6.45, 7) is 1.79. The van der Waals surface area contributed by atoms with Crippen molar-refractivity contribution < 1.29 is 31.9 Å². The van der Waals surface area contributed by atoms with Crippen molar-refractivity contribution in [3.05, 3.63) is 29.6 Å². The number of cyclic esters (lactones) is 1. The first-order chi connectivity index (χ1) is 12.3. The Labute approximate surface area is 150 Å². The standard InChI is InChI=1S/C17H18FNO6S/c1-2-24-16(20)14-6-19(17(21)25-14)9-3-4-10(13(18)5-9)15-11-7-26(22,23)8-12(11)15/h3-5,11-12,14-15H,2,6-8H2,1H3/t11-,12+,14-,15+/m1/s1. The number of hydrogen-bond donors (Lipinski definition) is 0. The third kappa shape index (κ3) is 2.84. The average Bonchev–Trinajstić information content (AvgIpc) is 2.91. The number of esters is 1. The summed E-state index contributed by atoms with van der Waals surface area (Å²) in [4.78, 5) is 24.9. The van der Waals surface area contributed by atoms with Crippen LogP contribution in [-0.4, -0.2) is 51.2 Å². The van der Waals surface area contributed by atoms with E-state index in [9.17, 15) is 22.4 Å². The minimum atomic E-state index is -2.98. The molecule has 3 fully saturated rings. The Hall–Kier alpha value is -2.16. The van der Waals surface area contributed by atoms with Crippen molar-refractivity contribution in [2.75, 3.05) is 29.6 Å². The molecular formula is C17H18FNO6S. The maximum Gasteiger partial charge on any atom is 0.415 e. The number of rotatable bonds is 4. The van der Waals surface area contributed by atoms with Gasteiger partial charge in [0.2, 0.25) is 6.10 Å². The maximum absolute atomic E-state index is 14.6. The van der Waals surface area contributed by atoms with Gasteiger partial charge in [-0.15, -0.1) is 0 Å². The Morgan fingerprint density at radius 2 is 2.04 bits per heavy atom. The lowest BCUT2D eigenvalue weighted by molar-refractivity contribution is -0.151. The second kappa shape index (κ2) is 5.94. The molecule has 0 bridgehead atoms. The van der Waals surface area contributed by atoms with E-state index in [1.165, 1.54) is 11.0 Å². The molecule has 1 aromatic rings. The third-order valence-corrected chi connectivity index (χ3v) is 7.03. The maximum atomic E-state index is 14.6. The van der Waals surface area contributed by atoms with Gasteiger partial charge < -0.3 is 9.47 Å². The number of fused-ring (bicyclic) bond motifs is 1. The zero-order valence-electron chi connectivity index (χ0n) is 14.1. The van der Waals surface area contributed by atoms with Crippen LogP contribution >= 0.6 is 0 Å². The predicted octanol–water partition coefficient (Wildman–Crippen LogP) is 1.47. The number of sulfone groups is 1. The number of hydrogen-bond acceptors (Lipinski definition) is 6. The molecule has 0 spiro atoms. The van der Waals surface area contributed by atoms with Gasteiger partial charge in [0.05, 0.1) is 30.3 Å². The van der Waals surface area contributed by atoms with Crippen molar-refractivity contribution in [1.82, 2.24) is 0 Å². The number of benzene rings is 1. The fourth-order valence-corrected chi connectivity index (χ4v) is 6.22. The molecular weight excluding hydrogens is 365 g/mol. The van der Waals surface area contributed by atoms with Gasteiger partial charge in [-0.05, 0) is 42.4 Å². The highest BCUT2D eigenvalue weighted by molar-refractivity contribution is 7.91. The molecule has 2 heterocycles. The van der Waals surface area contributed by atoms with Crippen molar-refractivity contribution in [3.8, 4) is 0 Å². The first kappa shape index (κ1) is 17.3.